The minimum absolute atomic E-state index is 0.279. The molecule has 0 saturated carbocycles. The summed E-state index contributed by atoms with van der Waals surface area (Å²) < 4.78 is 16.1. The molecule has 2 N–H and O–H groups in total. The maximum atomic E-state index is 5.47. The van der Waals surface area contributed by atoms with Gasteiger partial charge in [0.05, 0.1) is 27.9 Å². The Morgan fingerprint density at radius 2 is 1.64 bits per heavy atom. The highest BCUT2D eigenvalue weighted by Gasteiger charge is 2.11. The van der Waals surface area contributed by atoms with E-state index in [-0.39, 0.29) is 5.92 Å². The number of nitrogens with one attached hydrogen (secondary N) is 2. The van der Waals surface area contributed by atoms with E-state index in [1.54, 1.807) is 21.3 Å². The van der Waals surface area contributed by atoms with Gasteiger partial charge in [-0.2, -0.15) is 0 Å². The molecule has 28 heavy (non-hydrogen) atoms. The predicted octanol–water partition coefficient (Wildman–Crippen LogP) is 3.57. The van der Waals surface area contributed by atoms with E-state index in [0.717, 1.165) is 30.4 Å². The Bertz CT molecular complexity index is 777. The predicted molar refractivity (Wildman–Crippen MR) is 114 cm³/mol. The van der Waals surface area contributed by atoms with Gasteiger partial charge in [-0.1, -0.05) is 31.2 Å². The number of hydrogen-bond acceptors (Lipinski definition) is 4. The highest BCUT2D eigenvalue weighted by atomic mass is 16.5. The van der Waals surface area contributed by atoms with E-state index in [9.17, 15) is 0 Å². The first-order valence-electron chi connectivity index (χ1n) is 9.48. The van der Waals surface area contributed by atoms with Crippen LogP contribution < -0.4 is 24.8 Å². The molecule has 2 aromatic rings. The quantitative estimate of drug-likeness (QED) is 0.510. The molecule has 1 unspecified atom stereocenters. The van der Waals surface area contributed by atoms with Crippen LogP contribution in [0, 0.1) is 0 Å². The van der Waals surface area contributed by atoms with Crippen molar-refractivity contribution in [1.29, 1.82) is 0 Å². The third-order valence-electron chi connectivity index (χ3n) is 4.46. The minimum Gasteiger partial charge on any atom is -0.496 e. The number of guanidine groups is 1. The van der Waals surface area contributed by atoms with Crippen LogP contribution in [0.3, 0.4) is 0 Å². The molecular formula is C22H31N3O3. The highest BCUT2D eigenvalue weighted by Crippen LogP contribution is 2.28. The summed E-state index contributed by atoms with van der Waals surface area (Å²) in [6, 6.07) is 13.9. The van der Waals surface area contributed by atoms with Crippen molar-refractivity contribution >= 4 is 5.96 Å². The molecule has 6 heteroatoms. The van der Waals surface area contributed by atoms with E-state index >= 15 is 0 Å². The zero-order chi connectivity index (χ0) is 20.4. The molecule has 2 aromatic carbocycles. The second-order valence-corrected chi connectivity index (χ2v) is 6.41. The van der Waals surface area contributed by atoms with Gasteiger partial charge < -0.3 is 24.8 Å². The maximum Gasteiger partial charge on any atom is 0.191 e. The van der Waals surface area contributed by atoms with Crippen molar-refractivity contribution in [2.75, 3.05) is 34.4 Å². The molecule has 0 fully saturated rings. The Morgan fingerprint density at radius 1 is 0.929 bits per heavy atom. The molecule has 152 valence electrons. The molecular weight excluding hydrogens is 354 g/mol. The molecule has 6 nitrogen and oxygen atoms in total. The van der Waals surface area contributed by atoms with Crippen molar-refractivity contribution in [2.24, 2.45) is 4.99 Å². The molecule has 0 saturated heterocycles. The average molecular weight is 386 g/mol. The lowest BCUT2D eigenvalue weighted by Gasteiger charge is -2.18. The van der Waals surface area contributed by atoms with Gasteiger partial charge in [0.1, 0.15) is 5.75 Å². The summed E-state index contributed by atoms with van der Waals surface area (Å²) in [5.41, 5.74) is 2.22. The summed E-state index contributed by atoms with van der Waals surface area (Å²) in [6.45, 7) is 6.30. The molecule has 2 rings (SSSR count). The number of ether oxygens (including phenoxy) is 3. The van der Waals surface area contributed by atoms with Crippen LogP contribution in [0.4, 0.5) is 0 Å². The number of aliphatic imine (C=N–C) groups is 1. The fourth-order valence-corrected chi connectivity index (χ4v) is 2.92. The van der Waals surface area contributed by atoms with Crippen molar-refractivity contribution < 1.29 is 14.2 Å². The molecule has 0 aliphatic carbocycles. The second kappa shape index (κ2) is 11.1. The molecule has 0 amide bonds. The number of hydrogen-bond donors (Lipinski definition) is 2. The van der Waals surface area contributed by atoms with E-state index in [1.165, 1.54) is 5.56 Å². The van der Waals surface area contributed by atoms with Crippen LogP contribution in [-0.4, -0.2) is 40.4 Å². The summed E-state index contributed by atoms with van der Waals surface area (Å²) in [5.74, 6) is 3.38. The zero-order valence-corrected chi connectivity index (χ0v) is 17.4. The van der Waals surface area contributed by atoms with Crippen LogP contribution in [0.15, 0.2) is 47.5 Å². The smallest absolute Gasteiger partial charge is 0.191 e. The summed E-state index contributed by atoms with van der Waals surface area (Å²) in [4.78, 5) is 4.69. The molecule has 0 aromatic heterocycles. The average Bonchev–Trinajstić information content (AvgIpc) is 2.75. The van der Waals surface area contributed by atoms with Crippen LogP contribution in [-0.2, 0) is 6.54 Å². The van der Waals surface area contributed by atoms with Crippen LogP contribution in [0.25, 0.3) is 0 Å². The summed E-state index contributed by atoms with van der Waals surface area (Å²) in [6.07, 6.45) is 0. The first-order chi connectivity index (χ1) is 13.6. The monoisotopic (exact) mass is 385 g/mol. The van der Waals surface area contributed by atoms with Gasteiger partial charge in [0.2, 0.25) is 0 Å². The highest BCUT2D eigenvalue weighted by molar-refractivity contribution is 5.79. The summed E-state index contributed by atoms with van der Waals surface area (Å²) >= 11 is 0. The van der Waals surface area contributed by atoms with E-state index in [2.05, 4.69) is 35.5 Å². The van der Waals surface area contributed by atoms with Crippen LogP contribution >= 0.6 is 0 Å². The molecule has 0 aliphatic rings. The fourth-order valence-electron chi connectivity index (χ4n) is 2.92. The first kappa shape index (κ1) is 21.4. The molecule has 0 radical (unpaired) electrons. The van der Waals surface area contributed by atoms with Gasteiger partial charge in [-0.15, -0.1) is 0 Å². The lowest BCUT2D eigenvalue weighted by Crippen LogP contribution is -2.39. The van der Waals surface area contributed by atoms with Crippen molar-refractivity contribution in [3.63, 3.8) is 0 Å². The lowest BCUT2D eigenvalue weighted by atomic mass is 10.0. The Balaban J connectivity index is 2.04. The third-order valence-corrected chi connectivity index (χ3v) is 4.46. The molecule has 0 bridgehead atoms. The van der Waals surface area contributed by atoms with Crippen molar-refractivity contribution in [3.05, 3.63) is 53.6 Å². The number of benzene rings is 2. The molecule has 1 atom stereocenters. The number of nitrogens with zero attached hydrogens (tertiary/aromatic N) is 1. The normalized spacial score (nSPS) is 12.2. The van der Waals surface area contributed by atoms with Gasteiger partial charge >= 0.3 is 0 Å². The van der Waals surface area contributed by atoms with Gasteiger partial charge in [0.15, 0.2) is 17.5 Å². The topological polar surface area (TPSA) is 64.1 Å². The van der Waals surface area contributed by atoms with Gasteiger partial charge in [0, 0.05) is 19.0 Å². The Kier molecular flexibility index (Phi) is 8.46. The summed E-state index contributed by atoms with van der Waals surface area (Å²) in [5, 5.41) is 6.71. The first-order valence-corrected chi connectivity index (χ1v) is 9.48. The van der Waals surface area contributed by atoms with E-state index in [1.807, 2.05) is 36.4 Å². The van der Waals surface area contributed by atoms with Crippen molar-refractivity contribution in [1.82, 2.24) is 10.6 Å². The number of methoxy groups -OCH3 is 3. The molecule has 0 spiro atoms. The number of rotatable bonds is 9. The van der Waals surface area contributed by atoms with Crippen molar-refractivity contribution in [3.8, 4) is 17.2 Å². The van der Waals surface area contributed by atoms with Gasteiger partial charge in [-0.25, -0.2) is 4.99 Å². The van der Waals surface area contributed by atoms with Crippen LogP contribution in [0.1, 0.15) is 30.9 Å². The van der Waals surface area contributed by atoms with E-state index in [0.29, 0.717) is 18.0 Å². The second-order valence-electron chi connectivity index (χ2n) is 6.41. The minimum atomic E-state index is 0.279. The zero-order valence-electron chi connectivity index (χ0n) is 17.4. The maximum absolute atomic E-state index is 5.47. The van der Waals surface area contributed by atoms with Gasteiger partial charge in [0.25, 0.3) is 0 Å². The Hall–Kier alpha value is -2.89. The van der Waals surface area contributed by atoms with Gasteiger partial charge in [-0.05, 0) is 36.2 Å². The van der Waals surface area contributed by atoms with E-state index in [4.69, 9.17) is 14.2 Å². The van der Waals surface area contributed by atoms with Crippen molar-refractivity contribution in [2.45, 2.75) is 26.3 Å². The standard InChI is InChI=1S/C22H31N3O3/c1-6-23-22(24-14-16(2)18-9-7-8-10-19(18)26-3)25-15-17-11-12-20(27-4)21(13-17)28-5/h7-13,16H,6,14-15H2,1-5H3,(H2,23,24,25). The van der Waals surface area contributed by atoms with Crippen LogP contribution in [0.2, 0.25) is 0 Å². The van der Waals surface area contributed by atoms with E-state index < -0.39 is 0 Å². The largest absolute Gasteiger partial charge is 0.496 e. The van der Waals surface area contributed by atoms with Gasteiger partial charge in [-0.3, -0.25) is 0 Å². The molecule has 0 aliphatic heterocycles. The molecule has 0 heterocycles. The third kappa shape index (κ3) is 5.81. The SMILES string of the molecule is CCNC(=NCc1ccc(OC)c(OC)c1)NCC(C)c1ccccc1OC. The summed E-state index contributed by atoms with van der Waals surface area (Å²) in [7, 11) is 4.97. The Labute approximate surface area is 167 Å². The number of para-hydroxylation sites is 1. The fraction of sp³-hybridized carbons (Fsp3) is 0.409. The Morgan fingerprint density at radius 3 is 2.32 bits per heavy atom. The van der Waals surface area contributed by atoms with Crippen LogP contribution in [0.5, 0.6) is 17.2 Å². The lowest BCUT2D eigenvalue weighted by molar-refractivity contribution is 0.354.